The largest absolute Gasteiger partial charge is 0.381 e. The van der Waals surface area contributed by atoms with Crippen LogP contribution >= 0.6 is 0 Å². The van der Waals surface area contributed by atoms with Gasteiger partial charge in [0.2, 0.25) is 5.91 Å². The lowest BCUT2D eigenvalue weighted by Crippen LogP contribution is -2.44. The van der Waals surface area contributed by atoms with E-state index in [2.05, 4.69) is 10.6 Å². The monoisotopic (exact) mass is 348 g/mol. The molecular formula is C20H29FN2O2. The Hall–Kier alpha value is -1.46. The van der Waals surface area contributed by atoms with Gasteiger partial charge in [0.15, 0.2) is 0 Å². The van der Waals surface area contributed by atoms with Crippen LogP contribution < -0.4 is 10.6 Å². The first-order chi connectivity index (χ1) is 12.2. The van der Waals surface area contributed by atoms with Gasteiger partial charge in [-0.25, -0.2) is 4.39 Å². The molecule has 2 saturated heterocycles. The van der Waals surface area contributed by atoms with E-state index in [4.69, 9.17) is 4.74 Å². The Kier molecular flexibility index (Phi) is 6.43. The minimum absolute atomic E-state index is 0.131. The smallest absolute Gasteiger partial charge is 0.220 e. The summed E-state index contributed by atoms with van der Waals surface area (Å²) in [7, 11) is 0. The number of nitrogens with one attached hydrogen (secondary N) is 2. The zero-order valence-electron chi connectivity index (χ0n) is 14.9. The van der Waals surface area contributed by atoms with Crippen LogP contribution in [0.1, 0.15) is 44.1 Å². The average Bonchev–Trinajstić information content (AvgIpc) is 2.67. The lowest BCUT2D eigenvalue weighted by Gasteiger charge is -2.38. The summed E-state index contributed by atoms with van der Waals surface area (Å²) in [5.74, 6) is 0.574. The zero-order chi connectivity index (χ0) is 17.5. The molecule has 1 aromatic rings. The van der Waals surface area contributed by atoms with Gasteiger partial charge in [-0.15, -0.1) is 0 Å². The number of ether oxygens (including phenoxy) is 1. The Bertz CT molecular complexity index is 549. The summed E-state index contributed by atoms with van der Waals surface area (Å²) in [6.07, 6.45) is 5.62. The third-order valence-electron chi connectivity index (χ3n) is 5.77. The van der Waals surface area contributed by atoms with E-state index in [1.807, 2.05) is 12.1 Å². The molecule has 1 amide bonds. The zero-order valence-corrected chi connectivity index (χ0v) is 14.9. The van der Waals surface area contributed by atoms with Crippen LogP contribution in [0.2, 0.25) is 0 Å². The van der Waals surface area contributed by atoms with E-state index in [0.717, 1.165) is 37.9 Å². The van der Waals surface area contributed by atoms with Crippen molar-refractivity contribution in [3.05, 3.63) is 35.6 Å². The number of hydrogen-bond donors (Lipinski definition) is 2. The Morgan fingerprint density at radius 3 is 2.56 bits per heavy atom. The van der Waals surface area contributed by atoms with E-state index in [-0.39, 0.29) is 17.1 Å². The first-order valence-corrected chi connectivity index (χ1v) is 9.49. The van der Waals surface area contributed by atoms with Gasteiger partial charge in [0, 0.05) is 31.6 Å². The number of piperidine rings is 1. The van der Waals surface area contributed by atoms with E-state index in [0.29, 0.717) is 32.1 Å². The molecule has 2 aliphatic heterocycles. The summed E-state index contributed by atoms with van der Waals surface area (Å²) in [6, 6.07) is 6.71. The van der Waals surface area contributed by atoms with Gasteiger partial charge in [0.25, 0.3) is 0 Å². The fourth-order valence-corrected chi connectivity index (χ4v) is 3.99. The molecule has 0 aromatic heterocycles. The highest BCUT2D eigenvalue weighted by molar-refractivity contribution is 5.76. The predicted octanol–water partition coefficient (Wildman–Crippen LogP) is 2.77. The second-order valence-electron chi connectivity index (χ2n) is 7.41. The van der Waals surface area contributed by atoms with E-state index < -0.39 is 0 Å². The van der Waals surface area contributed by atoms with Gasteiger partial charge in [0.1, 0.15) is 5.82 Å². The van der Waals surface area contributed by atoms with Gasteiger partial charge in [-0.05, 0) is 68.8 Å². The summed E-state index contributed by atoms with van der Waals surface area (Å²) < 4.78 is 18.8. The minimum Gasteiger partial charge on any atom is -0.381 e. The Morgan fingerprint density at radius 2 is 1.88 bits per heavy atom. The average molecular weight is 348 g/mol. The number of hydrogen-bond acceptors (Lipinski definition) is 3. The fraction of sp³-hybridized carbons (Fsp3) is 0.650. The van der Waals surface area contributed by atoms with Crippen molar-refractivity contribution in [1.82, 2.24) is 10.6 Å². The summed E-state index contributed by atoms with van der Waals surface area (Å²) in [6.45, 7) is 4.11. The highest BCUT2D eigenvalue weighted by Gasteiger charge is 2.34. The number of halogens is 1. The molecular weight excluding hydrogens is 319 g/mol. The number of rotatable bonds is 6. The topological polar surface area (TPSA) is 50.4 Å². The summed E-state index contributed by atoms with van der Waals surface area (Å²) in [4.78, 5) is 12.3. The second kappa shape index (κ2) is 8.77. The molecule has 2 heterocycles. The van der Waals surface area contributed by atoms with Crippen molar-refractivity contribution in [3.63, 3.8) is 0 Å². The predicted molar refractivity (Wildman–Crippen MR) is 96.0 cm³/mol. The van der Waals surface area contributed by atoms with Crippen molar-refractivity contribution in [2.45, 2.75) is 43.9 Å². The maximum atomic E-state index is 13.3. The molecule has 25 heavy (non-hydrogen) atoms. The van der Waals surface area contributed by atoms with Gasteiger partial charge < -0.3 is 15.4 Å². The standard InChI is InChI=1S/C20H29FN2O2/c21-18-4-2-17(3-5-18)20(9-13-25-14-10-20)15-23-19(24)6-1-16-7-11-22-12-8-16/h2-5,16,22H,1,6-15H2,(H,23,24). The van der Waals surface area contributed by atoms with Crippen molar-refractivity contribution < 1.29 is 13.9 Å². The van der Waals surface area contributed by atoms with Gasteiger partial charge in [-0.2, -0.15) is 0 Å². The molecule has 0 saturated carbocycles. The van der Waals surface area contributed by atoms with Crippen molar-refractivity contribution in [2.24, 2.45) is 5.92 Å². The molecule has 3 rings (SSSR count). The minimum atomic E-state index is -0.225. The van der Waals surface area contributed by atoms with Crippen LogP contribution in [-0.2, 0) is 14.9 Å². The molecule has 0 bridgehead atoms. The molecule has 2 fully saturated rings. The third-order valence-corrected chi connectivity index (χ3v) is 5.77. The molecule has 0 spiro atoms. The molecule has 5 heteroatoms. The molecule has 0 radical (unpaired) electrons. The molecule has 2 N–H and O–H groups in total. The van der Waals surface area contributed by atoms with Crippen LogP contribution in [-0.4, -0.2) is 38.8 Å². The Balaban J connectivity index is 1.55. The first kappa shape index (κ1) is 18.3. The van der Waals surface area contributed by atoms with Crippen LogP contribution in [0, 0.1) is 11.7 Å². The van der Waals surface area contributed by atoms with Crippen LogP contribution in [0.25, 0.3) is 0 Å². The second-order valence-corrected chi connectivity index (χ2v) is 7.41. The van der Waals surface area contributed by atoms with Crippen LogP contribution in [0.4, 0.5) is 4.39 Å². The van der Waals surface area contributed by atoms with Crippen LogP contribution in [0.5, 0.6) is 0 Å². The maximum absolute atomic E-state index is 13.3. The van der Waals surface area contributed by atoms with Gasteiger partial charge in [-0.1, -0.05) is 12.1 Å². The number of carbonyl (C=O) groups excluding carboxylic acids is 1. The summed E-state index contributed by atoms with van der Waals surface area (Å²) in [5.41, 5.74) is 0.951. The van der Waals surface area contributed by atoms with Crippen molar-refractivity contribution >= 4 is 5.91 Å². The van der Waals surface area contributed by atoms with E-state index in [1.54, 1.807) is 0 Å². The highest BCUT2D eigenvalue weighted by atomic mass is 19.1. The highest BCUT2D eigenvalue weighted by Crippen LogP contribution is 2.34. The summed E-state index contributed by atoms with van der Waals surface area (Å²) in [5, 5.41) is 6.50. The third kappa shape index (κ3) is 5.02. The lowest BCUT2D eigenvalue weighted by molar-refractivity contribution is -0.122. The lowest BCUT2D eigenvalue weighted by atomic mass is 9.74. The SMILES string of the molecule is O=C(CCC1CCNCC1)NCC1(c2ccc(F)cc2)CCOCC1. The molecule has 0 atom stereocenters. The molecule has 2 aliphatic rings. The fourth-order valence-electron chi connectivity index (χ4n) is 3.99. The summed E-state index contributed by atoms with van der Waals surface area (Å²) >= 11 is 0. The normalized spacial score (nSPS) is 21.0. The number of amides is 1. The quantitative estimate of drug-likeness (QED) is 0.831. The van der Waals surface area contributed by atoms with E-state index in [1.165, 1.54) is 25.0 Å². The number of carbonyl (C=O) groups is 1. The van der Waals surface area contributed by atoms with Crippen LogP contribution in [0.3, 0.4) is 0 Å². The molecule has 138 valence electrons. The van der Waals surface area contributed by atoms with Crippen molar-refractivity contribution in [2.75, 3.05) is 32.8 Å². The molecule has 4 nitrogen and oxygen atoms in total. The van der Waals surface area contributed by atoms with Gasteiger partial charge >= 0.3 is 0 Å². The Labute approximate surface area is 149 Å². The Morgan fingerprint density at radius 1 is 1.20 bits per heavy atom. The van der Waals surface area contributed by atoms with Crippen molar-refractivity contribution in [1.29, 1.82) is 0 Å². The van der Waals surface area contributed by atoms with E-state index in [9.17, 15) is 9.18 Å². The maximum Gasteiger partial charge on any atom is 0.220 e. The van der Waals surface area contributed by atoms with Crippen LogP contribution in [0.15, 0.2) is 24.3 Å². The molecule has 1 aromatic carbocycles. The van der Waals surface area contributed by atoms with Gasteiger partial charge in [-0.3, -0.25) is 4.79 Å². The number of benzene rings is 1. The van der Waals surface area contributed by atoms with Crippen molar-refractivity contribution in [3.8, 4) is 0 Å². The molecule has 0 unspecified atom stereocenters. The first-order valence-electron chi connectivity index (χ1n) is 9.49. The van der Waals surface area contributed by atoms with Gasteiger partial charge in [0.05, 0.1) is 0 Å². The molecule has 0 aliphatic carbocycles. The van der Waals surface area contributed by atoms with E-state index >= 15 is 0 Å².